The van der Waals surface area contributed by atoms with Crippen molar-refractivity contribution in [2.75, 3.05) is 0 Å². The molecule has 0 unspecified atom stereocenters. The second-order valence-corrected chi connectivity index (χ2v) is 10.1. The Bertz CT molecular complexity index is 1340. The van der Waals surface area contributed by atoms with Gasteiger partial charge in [-0.2, -0.15) is 4.31 Å². The van der Waals surface area contributed by atoms with Gasteiger partial charge in [-0.1, -0.05) is 59.6 Å². The maximum Gasteiger partial charge on any atom is 0.244 e. The summed E-state index contributed by atoms with van der Waals surface area (Å²) >= 11 is 6.02. The molecule has 3 aromatic carbocycles. The van der Waals surface area contributed by atoms with Crippen molar-refractivity contribution >= 4 is 21.6 Å². The van der Waals surface area contributed by atoms with E-state index in [0.29, 0.717) is 5.02 Å². The summed E-state index contributed by atoms with van der Waals surface area (Å²) in [4.78, 5) is 0.228. The number of aryl methyl sites for hydroxylation is 1. The number of hydrogen-bond acceptors (Lipinski definition) is 2. The molecule has 0 N–H and O–H groups in total. The van der Waals surface area contributed by atoms with E-state index in [0.717, 1.165) is 28.1 Å². The van der Waals surface area contributed by atoms with E-state index >= 15 is 0 Å². The molecule has 0 bridgehead atoms. The van der Waals surface area contributed by atoms with Crippen LogP contribution in [0.25, 0.3) is 5.69 Å². The Morgan fingerprint density at radius 1 is 0.871 bits per heavy atom. The van der Waals surface area contributed by atoms with E-state index in [1.165, 1.54) is 0 Å². The standard InChI is InChI=1S/C25H21ClN2O2S/c1-18-8-10-19(11-9-18)25-24-7-4-16-27(24)23-6-3-2-5-20(23)17-28(25)31(29,30)22-14-12-21(26)13-15-22/h2-16,25H,17H2,1H3/t25-/m1/s1. The van der Waals surface area contributed by atoms with Crippen molar-refractivity contribution in [2.45, 2.75) is 24.4 Å². The lowest BCUT2D eigenvalue weighted by Gasteiger charge is -2.30. The fourth-order valence-electron chi connectivity index (χ4n) is 4.17. The van der Waals surface area contributed by atoms with Gasteiger partial charge in [0.25, 0.3) is 0 Å². The Balaban J connectivity index is 1.76. The second-order valence-electron chi connectivity index (χ2n) is 7.75. The molecule has 0 saturated carbocycles. The molecule has 0 spiro atoms. The summed E-state index contributed by atoms with van der Waals surface area (Å²) in [6.45, 7) is 2.29. The third-order valence-corrected chi connectivity index (χ3v) is 7.82. The lowest BCUT2D eigenvalue weighted by Crippen LogP contribution is -2.34. The van der Waals surface area contributed by atoms with Crippen molar-refractivity contribution in [3.63, 3.8) is 0 Å². The van der Waals surface area contributed by atoms with E-state index in [2.05, 4.69) is 4.57 Å². The van der Waals surface area contributed by atoms with Crippen molar-refractivity contribution in [3.05, 3.63) is 119 Å². The van der Waals surface area contributed by atoms with Crippen molar-refractivity contribution in [2.24, 2.45) is 0 Å². The van der Waals surface area contributed by atoms with Crippen LogP contribution in [0.4, 0.5) is 0 Å². The zero-order valence-electron chi connectivity index (χ0n) is 16.9. The molecule has 1 aromatic heterocycles. The van der Waals surface area contributed by atoms with Crippen LogP contribution in [-0.2, 0) is 16.6 Å². The maximum atomic E-state index is 13.9. The van der Waals surface area contributed by atoms with Gasteiger partial charge in [-0.15, -0.1) is 0 Å². The van der Waals surface area contributed by atoms with Crippen molar-refractivity contribution in [1.82, 2.24) is 8.87 Å². The smallest absolute Gasteiger partial charge is 0.244 e. The number of rotatable bonds is 3. The Morgan fingerprint density at radius 2 is 1.58 bits per heavy atom. The summed E-state index contributed by atoms with van der Waals surface area (Å²) in [7, 11) is -3.81. The fraction of sp³-hybridized carbons (Fsp3) is 0.120. The Labute approximate surface area is 187 Å². The van der Waals surface area contributed by atoms with Crippen molar-refractivity contribution in [1.29, 1.82) is 0 Å². The number of fused-ring (bicyclic) bond motifs is 3. The van der Waals surface area contributed by atoms with Gasteiger partial charge in [-0.05, 0) is 60.5 Å². The highest BCUT2D eigenvalue weighted by Crippen LogP contribution is 2.39. The predicted molar refractivity (Wildman–Crippen MR) is 123 cm³/mol. The zero-order chi connectivity index (χ0) is 21.6. The molecule has 5 rings (SSSR count). The molecule has 0 saturated heterocycles. The first-order valence-corrected chi connectivity index (χ1v) is 11.9. The molecule has 0 fully saturated rings. The summed E-state index contributed by atoms with van der Waals surface area (Å²) in [5.41, 5.74) is 4.91. The quantitative estimate of drug-likeness (QED) is 0.401. The highest BCUT2D eigenvalue weighted by Gasteiger charge is 2.37. The molecule has 1 aliphatic rings. The first-order valence-electron chi connectivity index (χ1n) is 10.0. The van der Waals surface area contributed by atoms with Gasteiger partial charge < -0.3 is 4.57 Å². The van der Waals surface area contributed by atoms with E-state index in [9.17, 15) is 8.42 Å². The van der Waals surface area contributed by atoms with Gasteiger partial charge in [0, 0.05) is 29.1 Å². The predicted octanol–water partition coefficient (Wildman–Crippen LogP) is 5.73. The summed E-state index contributed by atoms with van der Waals surface area (Å²) in [6.07, 6.45) is 1.99. The van der Waals surface area contributed by atoms with Gasteiger partial charge in [0.1, 0.15) is 0 Å². The number of benzene rings is 3. The number of aromatic nitrogens is 1. The molecule has 4 nitrogen and oxygen atoms in total. The van der Waals surface area contributed by atoms with Crippen LogP contribution in [0.5, 0.6) is 0 Å². The highest BCUT2D eigenvalue weighted by molar-refractivity contribution is 7.89. The van der Waals surface area contributed by atoms with E-state index in [1.54, 1.807) is 28.6 Å². The average Bonchev–Trinajstić information content (AvgIpc) is 3.19. The summed E-state index contributed by atoms with van der Waals surface area (Å²) < 4.78 is 31.5. The molecular formula is C25H21ClN2O2S. The molecule has 156 valence electrons. The van der Waals surface area contributed by atoms with Crippen LogP contribution in [-0.4, -0.2) is 17.3 Å². The average molecular weight is 449 g/mol. The lowest BCUT2D eigenvalue weighted by molar-refractivity contribution is 0.353. The first-order chi connectivity index (χ1) is 14.9. The van der Waals surface area contributed by atoms with Gasteiger partial charge in [0.15, 0.2) is 0 Å². The third-order valence-electron chi connectivity index (χ3n) is 5.74. The number of para-hydroxylation sites is 1. The van der Waals surface area contributed by atoms with Gasteiger partial charge in [-0.3, -0.25) is 0 Å². The Morgan fingerprint density at radius 3 is 2.32 bits per heavy atom. The largest absolute Gasteiger partial charge is 0.319 e. The monoisotopic (exact) mass is 448 g/mol. The normalized spacial score (nSPS) is 16.4. The maximum absolute atomic E-state index is 13.9. The van der Waals surface area contributed by atoms with Crippen molar-refractivity contribution < 1.29 is 8.42 Å². The molecular weight excluding hydrogens is 428 g/mol. The van der Waals surface area contributed by atoms with Gasteiger partial charge in [0.05, 0.1) is 10.9 Å². The van der Waals surface area contributed by atoms with Crippen LogP contribution in [0.3, 0.4) is 0 Å². The lowest BCUT2D eigenvalue weighted by atomic mass is 10.0. The summed E-state index contributed by atoms with van der Waals surface area (Å²) in [6, 6.07) is 25.9. The van der Waals surface area contributed by atoms with Crippen LogP contribution in [0, 0.1) is 6.92 Å². The van der Waals surface area contributed by atoms with Gasteiger partial charge >= 0.3 is 0 Å². The fourth-order valence-corrected chi connectivity index (χ4v) is 5.87. The number of nitrogens with zero attached hydrogens (tertiary/aromatic N) is 2. The minimum atomic E-state index is -3.81. The Hall–Kier alpha value is -2.86. The molecule has 31 heavy (non-hydrogen) atoms. The van der Waals surface area contributed by atoms with E-state index in [4.69, 9.17) is 11.6 Å². The SMILES string of the molecule is Cc1ccc([C@@H]2c3cccn3-c3ccccc3CN2S(=O)(=O)c2ccc(Cl)cc2)cc1. The molecule has 0 amide bonds. The van der Waals surface area contributed by atoms with Crippen LogP contribution >= 0.6 is 11.6 Å². The minimum Gasteiger partial charge on any atom is -0.319 e. The third kappa shape index (κ3) is 3.49. The van der Waals surface area contributed by atoms with Crippen LogP contribution < -0.4 is 0 Å². The summed E-state index contributed by atoms with van der Waals surface area (Å²) in [5, 5.41) is 0.504. The molecule has 6 heteroatoms. The van der Waals surface area contributed by atoms with Gasteiger partial charge in [-0.25, -0.2) is 8.42 Å². The van der Waals surface area contributed by atoms with E-state index in [-0.39, 0.29) is 11.4 Å². The van der Waals surface area contributed by atoms with Gasteiger partial charge in [0.2, 0.25) is 10.0 Å². The molecule has 1 atom stereocenters. The molecule has 2 heterocycles. The molecule has 0 aliphatic carbocycles. The van der Waals surface area contributed by atoms with E-state index < -0.39 is 16.1 Å². The first kappa shape index (κ1) is 20.1. The topological polar surface area (TPSA) is 42.3 Å². The number of sulfonamides is 1. The van der Waals surface area contributed by atoms with Crippen molar-refractivity contribution in [3.8, 4) is 5.69 Å². The minimum absolute atomic E-state index is 0.228. The summed E-state index contributed by atoms with van der Waals surface area (Å²) in [5.74, 6) is 0. The van der Waals surface area contributed by atoms with Crippen LogP contribution in [0.2, 0.25) is 5.02 Å². The molecule has 1 aliphatic heterocycles. The second kappa shape index (κ2) is 7.68. The van der Waals surface area contributed by atoms with Crippen LogP contribution in [0.1, 0.15) is 28.4 Å². The number of halogens is 1. The van der Waals surface area contributed by atoms with Crippen LogP contribution in [0.15, 0.2) is 96.0 Å². The van der Waals surface area contributed by atoms with E-state index in [1.807, 2.05) is 73.8 Å². The number of hydrogen-bond donors (Lipinski definition) is 0. The molecule has 0 radical (unpaired) electrons. The Kier molecular flexibility index (Phi) is 4.97. The highest BCUT2D eigenvalue weighted by atomic mass is 35.5. The zero-order valence-corrected chi connectivity index (χ0v) is 18.5. The molecule has 4 aromatic rings.